The number of hydrogen-bond donors (Lipinski definition) is 2. The van der Waals surface area contributed by atoms with Crippen molar-refractivity contribution in [2.75, 3.05) is 18.5 Å². The van der Waals surface area contributed by atoms with Crippen molar-refractivity contribution in [3.05, 3.63) is 64.6 Å². The van der Waals surface area contributed by atoms with Crippen LogP contribution in [0.15, 0.2) is 53.5 Å². The van der Waals surface area contributed by atoms with E-state index in [1.807, 2.05) is 19.1 Å². The minimum atomic E-state index is -3.44. The number of amides is 2. The highest BCUT2D eigenvalue weighted by atomic mass is 28.4. The van der Waals surface area contributed by atoms with Gasteiger partial charge in [0.1, 0.15) is 0 Å². The summed E-state index contributed by atoms with van der Waals surface area (Å²) in [7, 11) is -3.44. The Morgan fingerprint density at radius 3 is 2.77 bits per heavy atom. The van der Waals surface area contributed by atoms with Crippen LogP contribution in [0.5, 0.6) is 0 Å². The average Bonchev–Trinajstić information content (AvgIpc) is 3.59. The van der Waals surface area contributed by atoms with Gasteiger partial charge in [0.15, 0.2) is 5.60 Å². The lowest BCUT2D eigenvalue weighted by atomic mass is 9.82. The summed E-state index contributed by atoms with van der Waals surface area (Å²) in [5.41, 5.74) is -0.952. The Kier molecular flexibility index (Phi) is 6.43. The number of hydrogen-bond acceptors (Lipinski definition) is 6. The van der Waals surface area contributed by atoms with Crippen molar-refractivity contribution in [2.24, 2.45) is 5.92 Å². The molecule has 5 atom stereocenters. The zero-order valence-electron chi connectivity index (χ0n) is 22.8. The van der Waals surface area contributed by atoms with Crippen LogP contribution in [0.3, 0.4) is 0 Å². The van der Waals surface area contributed by atoms with E-state index >= 15 is 4.11 Å². The van der Waals surface area contributed by atoms with Gasteiger partial charge >= 0.3 is 0 Å². The van der Waals surface area contributed by atoms with Crippen LogP contribution in [0.1, 0.15) is 31.7 Å². The summed E-state index contributed by atoms with van der Waals surface area (Å²) >= 11 is 0. The van der Waals surface area contributed by atoms with Crippen LogP contribution < -0.4 is 10.9 Å². The zero-order valence-corrected chi connectivity index (χ0v) is 23.8. The van der Waals surface area contributed by atoms with Crippen molar-refractivity contribution < 1.29 is 23.5 Å². The molecule has 0 bridgehead atoms. The van der Waals surface area contributed by atoms with Gasteiger partial charge in [0.25, 0.3) is 11.5 Å². The Labute approximate surface area is 232 Å². The molecule has 4 heterocycles. The van der Waals surface area contributed by atoms with Crippen LogP contribution in [0.2, 0.25) is 18.6 Å². The maximum atomic E-state index is 16.0. The first-order valence-corrected chi connectivity index (χ1v) is 16.7. The molecule has 0 radical (unpaired) electrons. The lowest BCUT2D eigenvalue weighted by Crippen LogP contribution is -2.42. The summed E-state index contributed by atoms with van der Waals surface area (Å²) in [5, 5.41) is 18.2. The maximum Gasteiger partial charge on any atom is 0.279 e. The number of fused-ring (bicyclic) bond motifs is 3. The predicted molar refractivity (Wildman–Crippen MR) is 150 cm³/mol. The molecule has 9 nitrogen and oxygen atoms in total. The van der Waals surface area contributed by atoms with Gasteiger partial charge in [0, 0.05) is 34.6 Å². The number of aliphatic hydroxyl groups is 1. The number of nitrogens with one attached hydrogen (secondary N) is 1. The third-order valence-electron chi connectivity index (χ3n) is 8.92. The molecule has 2 aromatic carbocycles. The van der Waals surface area contributed by atoms with Crippen LogP contribution in [-0.4, -0.2) is 65.3 Å². The molecule has 40 heavy (non-hydrogen) atoms. The fourth-order valence-electron chi connectivity index (χ4n) is 7.10. The molecule has 2 saturated heterocycles. The van der Waals surface area contributed by atoms with Crippen molar-refractivity contribution in [3.8, 4) is 5.69 Å². The Hall–Kier alpha value is -3.41. The number of likely N-dealkylation sites (tertiary alicyclic amines) is 1. The van der Waals surface area contributed by atoms with Crippen LogP contribution in [0, 0.1) is 5.92 Å². The number of carbonyl (C=O) groups is 2. The highest BCUT2D eigenvalue weighted by Crippen LogP contribution is 2.59. The van der Waals surface area contributed by atoms with E-state index in [1.54, 1.807) is 54.5 Å². The lowest BCUT2D eigenvalue weighted by molar-refractivity contribution is -0.148. The third kappa shape index (κ3) is 4.01. The summed E-state index contributed by atoms with van der Waals surface area (Å²) in [6, 6.07) is 12.1. The molecule has 3 aliphatic rings. The second-order valence-corrected chi connectivity index (χ2v) is 15.5. The van der Waals surface area contributed by atoms with Crippen molar-refractivity contribution in [1.82, 2.24) is 14.7 Å². The van der Waals surface area contributed by atoms with Crippen LogP contribution in [0.4, 0.5) is 9.80 Å². The molecule has 2 amide bonds. The molecule has 2 fully saturated rings. The van der Waals surface area contributed by atoms with Gasteiger partial charge in [-0.05, 0) is 50.2 Å². The average molecular weight is 565 g/mol. The van der Waals surface area contributed by atoms with E-state index in [0.29, 0.717) is 28.9 Å². The molecule has 0 aliphatic carbocycles. The summed E-state index contributed by atoms with van der Waals surface area (Å²) in [4.78, 5) is 41.9. The van der Waals surface area contributed by atoms with E-state index in [4.69, 9.17) is 4.74 Å². The van der Waals surface area contributed by atoms with E-state index in [2.05, 4.69) is 10.4 Å². The van der Waals surface area contributed by atoms with E-state index in [1.165, 1.54) is 4.68 Å². The van der Waals surface area contributed by atoms with Gasteiger partial charge in [0.2, 0.25) is 14.3 Å². The second kappa shape index (κ2) is 9.60. The van der Waals surface area contributed by atoms with Gasteiger partial charge in [-0.25, -0.2) is 0 Å². The number of carbonyl (C=O) groups excluding carboxylic acids is 2. The zero-order chi connectivity index (χ0) is 28.4. The fraction of sp³-hybridized carbons (Fsp3) is 0.448. The predicted octanol–water partition coefficient (Wildman–Crippen LogP) is 3.49. The number of aromatic nitrogens is 2. The van der Waals surface area contributed by atoms with Gasteiger partial charge in [0.05, 0.1) is 42.4 Å². The Bertz CT molecular complexity index is 1570. The Morgan fingerprint density at radius 2 is 2.02 bits per heavy atom. The first-order chi connectivity index (χ1) is 19.1. The molecule has 1 spiro atoms. The quantitative estimate of drug-likeness (QED) is 0.362. The number of aliphatic hydroxyl groups excluding tert-OH is 1. The van der Waals surface area contributed by atoms with Crippen LogP contribution in [-0.2, 0) is 19.9 Å². The first kappa shape index (κ1) is 26.8. The molecule has 2 N–H and O–H groups in total. The molecule has 6 rings (SSSR count). The number of halogens is 1. The van der Waals surface area contributed by atoms with Gasteiger partial charge in [-0.2, -0.15) is 9.78 Å². The van der Waals surface area contributed by atoms with Gasteiger partial charge < -0.3 is 24.2 Å². The van der Waals surface area contributed by atoms with Crippen LogP contribution in [0.25, 0.3) is 16.5 Å². The van der Waals surface area contributed by atoms with E-state index in [9.17, 15) is 19.5 Å². The van der Waals surface area contributed by atoms with Crippen LogP contribution >= 0.6 is 0 Å². The minimum Gasteiger partial charge on any atom is -0.394 e. The molecule has 0 saturated carbocycles. The number of ether oxygens (including phenoxy) is 1. The van der Waals surface area contributed by atoms with Gasteiger partial charge in [-0.15, -0.1) is 0 Å². The highest BCUT2D eigenvalue weighted by Gasteiger charge is 2.65. The standard InChI is InChI=1S/C29H33FN4O5Si/c1-17-26(40(2,3)30)24(14-25(36)33-12-6-8-20(33)16-35)39-29(17)22-13-19(10-11-23(22)32-28(29)38)34-27(37)21-9-5-4-7-18(21)15-31-34/h4-5,7,9-11,13,15,17,20,24,26,35H,6,8,12,14,16H2,1-3H3,(H,32,38)/t17-,20-,24+,26-,29+/m0/s1. The Morgan fingerprint density at radius 1 is 1.25 bits per heavy atom. The summed E-state index contributed by atoms with van der Waals surface area (Å²) in [6.07, 6.45) is 2.26. The molecular formula is C29H33FN4O5Si. The minimum absolute atomic E-state index is 0.0679. The van der Waals surface area contributed by atoms with E-state index in [-0.39, 0.29) is 30.5 Å². The number of anilines is 1. The van der Waals surface area contributed by atoms with E-state index in [0.717, 1.165) is 18.2 Å². The molecule has 11 heteroatoms. The summed E-state index contributed by atoms with van der Waals surface area (Å²) < 4.78 is 23.8. The molecule has 1 aromatic heterocycles. The fourth-order valence-corrected chi connectivity index (χ4v) is 9.60. The summed E-state index contributed by atoms with van der Waals surface area (Å²) in [5.74, 6) is -1.17. The lowest BCUT2D eigenvalue weighted by Gasteiger charge is -2.31. The van der Waals surface area contributed by atoms with Crippen molar-refractivity contribution in [2.45, 2.75) is 62.6 Å². The SMILES string of the molecule is C[C@H]1[C@H]([Si](C)(C)F)[C@@H](CC(=O)N2CCC[C@H]2CO)O[C@]12C(=O)Nc1ccc(-n3ncc4ccccc4c3=O)cc12. The smallest absolute Gasteiger partial charge is 0.279 e. The Balaban J connectivity index is 1.41. The van der Waals surface area contributed by atoms with Crippen molar-refractivity contribution in [1.29, 1.82) is 0 Å². The van der Waals surface area contributed by atoms with E-state index < -0.39 is 37.5 Å². The van der Waals surface area contributed by atoms with Crippen molar-refractivity contribution >= 4 is 36.7 Å². The molecule has 3 aliphatic heterocycles. The first-order valence-electron chi connectivity index (χ1n) is 13.8. The molecule has 210 valence electrons. The van der Waals surface area contributed by atoms with Gasteiger partial charge in [-0.3, -0.25) is 14.4 Å². The summed E-state index contributed by atoms with van der Waals surface area (Å²) in [6.45, 7) is 5.41. The normalized spacial score (nSPS) is 27.9. The van der Waals surface area contributed by atoms with Crippen molar-refractivity contribution in [3.63, 3.8) is 0 Å². The number of nitrogens with zero attached hydrogens (tertiary/aromatic N) is 3. The second-order valence-electron chi connectivity index (χ2n) is 11.7. The van der Waals surface area contributed by atoms with Gasteiger partial charge in [-0.1, -0.05) is 25.1 Å². The largest absolute Gasteiger partial charge is 0.394 e. The third-order valence-corrected chi connectivity index (χ3v) is 11.4. The molecular weight excluding hydrogens is 531 g/mol. The topological polar surface area (TPSA) is 114 Å². The highest BCUT2D eigenvalue weighted by molar-refractivity contribution is 6.72. The molecule has 3 aromatic rings. The monoisotopic (exact) mass is 564 g/mol. The number of rotatable bonds is 5. The maximum absolute atomic E-state index is 16.0. The molecule has 0 unspecified atom stereocenters. The number of benzene rings is 2.